The maximum atomic E-state index is 4.11. The van der Waals surface area contributed by atoms with Gasteiger partial charge in [-0.2, -0.15) is 10.2 Å². The highest BCUT2D eigenvalue weighted by Gasteiger charge is 1.89. The minimum absolute atomic E-state index is 0.868. The van der Waals surface area contributed by atoms with Crippen molar-refractivity contribution in [1.82, 2.24) is 4.57 Å². The van der Waals surface area contributed by atoms with Crippen LogP contribution >= 0.6 is 0 Å². The average Bonchev–Trinajstić information content (AvgIpc) is 2.73. The van der Waals surface area contributed by atoms with Crippen LogP contribution in [0.3, 0.4) is 0 Å². The Kier molecular flexibility index (Phi) is 3.50. The van der Waals surface area contributed by atoms with Crippen molar-refractivity contribution in [1.29, 1.82) is 0 Å². The van der Waals surface area contributed by atoms with Gasteiger partial charge in [-0.15, -0.1) is 0 Å². The second kappa shape index (κ2) is 5.25. The fraction of sp³-hybridized carbons (Fsp3) is 0.143. The first kappa shape index (κ1) is 11.3. The largest absolute Gasteiger partial charge is 0.351 e. The van der Waals surface area contributed by atoms with E-state index in [1.807, 2.05) is 60.3 Å². The Morgan fingerprint density at radius 3 is 2.53 bits per heavy atom. The predicted molar refractivity (Wildman–Crippen MR) is 70.1 cm³/mol. The third-order valence-electron chi connectivity index (χ3n) is 2.50. The van der Waals surface area contributed by atoms with Gasteiger partial charge in [0.2, 0.25) is 0 Å². The van der Waals surface area contributed by atoms with E-state index < -0.39 is 0 Å². The molecule has 2 rings (SSSR count). The Morgan fingerprint density at radius 2 is 1.88 bits per heavy atom. The Hall–Kier alpha value is -2.16. The normalized spacial score (nSPS) is 11.6. The summed E-state index contributed by atoms with van der Waals surface area (Å²) in [6.45, 7) is 2.05. The number of nitrogens with zero attached hydrogens (tertiary/aromatic N) is 3. The van der Waals surface area contributed by atoms with Crippen molar-refractivity contribution in [3.63, 3.8) is 0 Å². The monoisotopic (exact) mass is 225 g/mol. The number of rotatable bonds is 3. The molecular weight excluding hydrogens is 210 g/mol. The lowest BCUT2D eigenvalue weighted by atomic mass is 10.2. The average molecular weight is 225 g/mol. The van der Waals surface area contributed by atoms with Crippen LogP contribution < -0.4 is 0 Å². The lowest BCUT2D eigenvalue weighted by Gasteiger charge is -1.94. The van der Waals surface area contributed by atoms with Gasteiger partial charge in [0.05, 0.1) is 11.9 Å². The van der Waals surface area contributed by atoms with Crippen LogP contribution in [0.4, 0.5) is 5.69 Å². The number of aromatic nitrogens is 1. The van der Waals surface area contributed by atoms with Crippen LogP contribution in [-0.4, -0.2) is 4.57 Å². The molecule has 0 amide bonds. The summed E-state index contributed by atoms with van der Waals surface area (Å²) in [6.07, 6.45) is 5.63. The molecule has 0 saturated carbocycles. The summed E-state index contributed by atoms with van der Waals surface area (Å²) in [4.78, 5) is 0. The lowest BCUT2D eigenvalue weighted by Crippen LogP contribution is -1.85. The molecule has 17 heavy (non-hydrogen) atoms. The fourth-order valence-electron chi connectivity index (χ4n) is 1.47. The zero-order valence-corrected chi connectivity index (χ0v) is 10.0. The molecule has 0 aliphatic rings. The Morgan fingerprint density at radius 1 is 1.12 bits per heavy atom. The molecule has 0 saturated heterocycles. The second-order valence-electron chi connectivity index (χ2n) is 3.91. The zero-order chi connectivity index (χ0) is 12.1. The number of hydrogen-bond donors (Lipinski definition) is 0. The van der Waals surface area contributed by atoms with Crippen LogP contribution in [0, 0.1) is 6.92 Å². The zero-order valence-electron chi connectivity index (χ0n) is 10.0. The number of azo groups is 1. The van der Waals surface area contributed by atoms with Gasteiger partial charge in [-0.1, -0.05) is 17.7 Å². The third-order valence-corrected chi connectivity index (χ3v) is 2.50. The van der Waals surface area contributed by atoms with E-state index in [0.29, 0.717) is 0 Å². The van der Waals surface area contributed by atoms with Gasteiger partial charge in [0.15, 0.2) is 0 Å². The van der Waals surface area contributed by atoms with Gasteiger partial charge in [-0.3, -0.25) is 0 Å². The minimum Gasteiger partial charge on any atom is -0.351 e. The lowest BCUT2D eigenvalue weighted by molar-refractivity contribution is 0.914. The SMILES string of the molecule is Cc1ccc(N=N/C=C/c2cccn2C)cc1. The Balaban J connectivity index is 2.00. The van der Waals surface area contributed by atoms with Crippen molar-refractivity contribution in [2.45, 2.75) is 6.92 Å². The highest BCUT2D eigenvalue weighted by Crippen LogP contribution is 2.13. The summed E-state index contributed by atoms with van der Waals surface area (Å²) in [5, 5.41) is 8.12. The van der Waals surface area contributed by atoms with E-state index in [1.54, 1.807) is 6.20 Å². The number of benzene rings is 1. The molecule has 0 aliphatic carbocycles. The summed E-state index contributed by atoms with van der Waals surface area (Å²) >= 11 is 0. The molecule has 1 aromatic heterocycles. The molecule has 0 spiro atoms. The molecule has 0 fully saturated rings. The summed E-state index contributed by atoms with van der Waals surface area (Å²) < 4.78 is 2.03. The van der Waals surface area contributed by atoms with Gasteiger partial charge in [0.25, 0.3) is 0 Å². The minimum atomic E-state index is 0.868. The second-order valence-corrected chi connectivity index (χ2v) is 3.91. The quantitative estimate of drug-likeness (QED) is 0.704. The molecule has 0 aliphatic heterocycles. The van der Waals surface area contributed by atoms with Crippen LogP contribution in [0.25, 0.3) is 6.08 Å². The topological polar surface area (TPSA) is 29.6 Å². The molecule has 3 nitrogen and oxygen atoms in total. The maximum Gasteiger partial charge on any atom is 0.0857 e. The Bertz CT molecular complexity index is 533. The van der Waals surface area contributed by atoms with Crippen molar-refractivity contribution in [3.05, 3.63) is 60.1 Å². The first-order valence-corrected chi connectivity index (χ1v) is 5.51. The summed E-state index contributed by atoms with van der Waals surface area (Å²) in [5.41, 5.74) is 3.20. The van der Waals surface area contributed by atoms with Crippen molar-refractivity contribution < 1.29 is 0 Å². The van der Waals surface area contributed by atoms with Gasteiger partial charge in [0.1, 0.15) is 0 Å². The van der Waals surface area contributed by atoms with E-state index in [0.717, 1.165) is 11.4 Å². The third kappa shape index (κ3) is 3.14. The molecule has 1 heterocycles. The van der Waals surface area contributed by atoms with E-state index in [2.05, 4.69) is 17.2 Å². The number of hydrogen-bond acceptors (Lipinski definition) is 2. The highest BCUT2D eigenvalue weighted by atomic mass is 15.1. The molecule has 0 bridgehead atoms. The van der Waals surface area contributed by atoms with Crippen molar-refractivity contribution in [2.24, 2.45) is 17.3 Å². The first-order chi connectivity index (χ1) is 8.25. The van der Waals surface area contributed by atoms with E-state index in [4.69, 9.17) is 0 Å². The van der Waals surface area contributed by atoms with Gasteiger partial charge in [-0.05, 0) is 37.3 Å². The number of aryl methyl sites for hydroxylation is 2. The smallest absolute Gasteiger partial charge is 0.0857 e. The van der Waals surface area contributed by atoms with Gasteiger partial charge in [0, 0.05) is 18.9 Å². The van der Waals surface area contributed by atoms with Gasteiger partial charge in [-0.25, -0.2) is 0 Å². The van der Waals surface area contributed by atoms with E-state index in [9.17, 15) is 0 Å². The maximum absolute atomic E-state index is 4.11. The summed E-state index contributed by atoms with van der Waals surface area (Å²) in [7, 11) is 2.00. The Labute approximate surface area is 101 Å². The highest BCUT2D eigenvalue weighted by molar-refractivity contribution is 5.45. The molecule has 0 N–H and O–H groups in total. The fourth-order valence-corrected chi connectivity index (χ4v) is 1.47. The molecule has 0 radical (unpaired) electrons. The van der Waals surface area contributed by atoms with Crippen molar-refractivity contribution in [2.75, 3.05) is 0 Å². The van der Waals surface area contributed by atoms with Crippen LogP contribution in [-0.2, 0) is 7.05 Å². The summed E-state index contributed by atoms with van der Waals surface area (Å²) in [6, 6.07) is 12.0. The summed E-state index contributed by atoms with van der Waals surface area (Å²) in [5.74, 6) is 0. The van der Waals surface area contributed by atoms with Crippen LogP contribution in [0.1, 0.15) is 11.3 Å². The van der Waals surface area contributed by atoms with E-state index >= 15 is 0 Å². The standard InChI is InChI=1S/C14H15N3/c1-12-5-7-13(8-6-12)16-15-10-9-14-4-3-11-17(14)2/h3-11H,1-2H3/b10-9+,16-15?. The molecule has 0 atom stereocenters. The van der Waals surface area contributed by atoms with Crippen molar-refractivity contribution in [3.8, 4) is 0 Å². The predicted octanol–water partition coefficient (Wildman–Crippen LogP) is 4.09. The van der Waals surface area contributed by atoms with Crippen LogP contribution in [0.5, 0.6) is 0 Å². The molecule has 1 aromatic carbocycles. The molecule has 0 unspecified atom stereocenters. The molecule has 3 heteroatoms. The molecular formula is C14H15N3. The molecule has 86 valence electrons. The van der Waals surface area contributed by atoms with Crippen LogP contribution in [0.15, 0.2) is 59.0 Å². The van der Waals surface area contributed by atoms with Gasteiger partial charge >= 0.3 is 0 Å². The van der Waals surface area contributed by atoms with Gasteiger partial charge < -0.3 is 4.57 Å². The van der Waals surface area contributed by atoms with E-state index in [1.165, 1.54) is 5.56 Å². The van der Waals surface area contributed by atoms with Crippen molar-refractivity contribution >= 4 is 11.8 Å². The van der Waals surface area contributed by atoms with Crippen LogP contribution in [0.2, 0.25) is 0 Å². The first-order valence-electron chi connectivity index (χ1n) is 5.51. The molecule has 2 aromatic rings. The van der Waals surface area contributed by atoms with E-state index in [-0.39, 0.29) is 0 Å².